The van der Waals surface area contributed by atoms with E-state index < -0.39 is 0 Å². The number of hydrogen-bond donors (Lipinski definition) is 2. The summed E-state index contributed by atoms with van der Waals surface area (Å²) in [7, 11) is 0. The molecule has 4 rings (SSSR count). The minimum absolute atomic E-state index is 0.191. The van der Waals surface area contributed by atoms with Gasteiger partial charge in [0.2, 0.25) is 6.79 Å². The predicted molar refractivity (Wildman–Crippen MR) is 81.7 cm³/mol. The van der Waals surface area contributed by atoms with Gasteiger partial charge in [0.05, 0.1) is 5.02 Å². The molecule has 0 atom stereocenters. The Morgan fingerprint density at radius 2 is 2.13 bits per heavy atom. The maximum atomic E-state index is 11.1. The van der Waals surface area contributed by atoms with E-state index in [1.165, 1.54) is 0 Å². The zero-order chi connectivity index (χ0) is 15.8. The number of aromatic nitrogens is 5. The molecule has 1 aliphatic heterocycles. The van der Waals surface area contributed by atoms with Crippen molar-refractivity contribution in [1.82, 2.24) is 24.7 Å². The molecule has 0 saturated heterocycles. The number of fused-ring (bicyclic) bond motifs is 1. The van der Waals surface area contributed by atoms with Crippen LogP contribution >= 0.6 is 11.6 Å². The first-order valence-electron chi connectivity index (χ1n) is 6.95. The van der Waals surface area contributed by atoms with Crippen LogP contribution in [0.2, 0.25) is 5.02 Å². The van der Waals surface area contributed by atoms with Crippen molar-refractivity contribution in [3.05, 3.63) is 45.9 Å². The van der Waals surface area contributed by atoms with E-state index >= 15 is 0 Å². The molecule has 0 bridgehead atoms. The normalized spacial score (nSPS) is 12.7. The number of aromatic amines is 2. The number of ether oxygens (including phenoxy) is 2. The molecular weight excluding hydrogens is 322 g/mol. The lowest BCUT2D eigenvalue weighted by Gasteiger charge is -2.09. The van der Waals surface area contributed by atoms with Gasteiger partial charge in [-0.1, -0.05) is 11.6 Å². The Balaban J connectivity index is 1.63. The first kappa shape index (κ1) is 13.9. The second kappa shape index (κ2) is 5.47. The molecule has 8 nitrogen and oxygen atoms in total. The number of hydrogen-bond acceptors (Lipinski definition) is 5. The largest absolute Gasteiger partial charge is 0.454 e. The van der Waals surface area contributed by atoms with Gasteiger partial charge in [-0.15, -0.1) is 0 Å². The van der Waals surface area contributed by atoms with Crippen LogP contribution < -0.4 is 15.2 Å². The maximum Gasteiger partial charge on any atom is 0.340 e. The van der Waals surface area contributed by atoms with E-state index in [1.807, 2.05) is 16.8 Å². The summed E-state index contributed by atoms with van der Waals surface area (Å²) in [6, 6.07) is 3.54. The van der Waals surface area contributed by atoms with Gasteiger partial charge in [-0.05, 0) is 6.07 Å². The Morgan fingerprint density at radius 1 is 1.30 bits per heavy atom. The number of rotatable bonds is 4. The maximum absolute atomic E-state index is 11.1. The number of H-pyrrole nitrogens is 2. The van der Waals surface area contributed by atoms with Gasteiger partial charge in [-0.2, -0.15) is 5.10 Å². The van der Waals surface area contributed by atoms with E-state index in [0.29, 0.717) is 41.1 Å². The predicted octanol–water partition coefficient (Wildman–Crippen LogP) is 1.59. The van der Waals surface area contributed by atoms with Crippen molar-refractivity contribution in [3.63, 3.8) is 0 Å². The molecule has 0 spiro atoms. The fourth-order valence-electron chi connectivity index (χ4n) is 2.47. The molecule has 1 aliphatic rings. The van der Waals surface area contributed by atoms with E-state index in [9.17, 15) is 4.79 Å². The number of aryl methyl sites for hydroxylation is 2. The van der Waals surface area contributed by atoms with E-state index in [-0.39, 0.29) is 12.5 Å². The molecule has 2 N–H and O–H groups in total. The van der Waals surface area contributed by atoms with Gasteiger partial charge >= 0.3 is 5.69 Å². The van der Waals surface area contributed by atoms with Crippen molar-refractivity contribution < 1.29 is 9.47 Å². The zero-order valence-corrected chi connectivity index (χ0v) is 12.6. The van der Waals surface area contributed by atoms with Crippen LogP contribution in [0.1, 0.15) is 5.82 Å². The summed E-state index contributed by atoms with van der Waals surface area (Å²) in [6.07, 6.45) is 4.11. The van der Waals surface area contributed by atoms with Crippen LogP contribution in [-0.2, 0) is 13.0 Å². The molecule has 3 heterocycles. The van der Waals surface area contributed by atoms with Gasteiger partial charge < -0.3 is 14.0 Å². The summed E-state index contributed by atoms with van der Waals surface area (Å²) in [5.74, 6) is 2.58. The van der Waals surface area contributed by atoms with E-state index in [1.54, 1.807) is 12.3 Å². The van der Waals surface area contributed by atoms with Crippen LogP contribution in [0.25, 0.3) is 11.4 Å². The van der Waals surface area contributed by atoms with E-state index in [0.717, 1.165) is 5.56 Å². The summed E-state index contributed by atoms with van der Waals surface area (Å²) in [5, 5.41) is 6.77. The molecule has 0 radical (unpaired) electrons. The number of halogens is 1. The Morgan fingerprint density at radius 3 is 2.91 bits per heavy atom. The Bertz CT molecular complexity index is 913. The molecule has 9 heteroatoms. The van der Waals surface area contributed by atoms with Crippen LogP contribution in [0.15, 0.2) is 29.3 Å². The molecule has 0 unspecified atom stereocenters. The van der Waals surface area contributed by atoms with Crippen molar-refractivity contribution in [2.75, 3.05) is 6.79 Å². The van der Waals surface area contributed by atoms with Crippen LogP contribution in [0.3, 0.4) is 0 Å². The molecule has 0 amide bonds. The zero-order valence-electron chi connectivity index (χ0n) is 11.9. The van der Waals surface area contributed by atoms with Crippen molar-refractivity contribution in [1.29, 1.82) is 0 Å². The van der Waals surface area contributed by atoms with Gasteiger partial charge in [0.25, 0.3) is 0 Å². The van der Waals surface area contributed by atoms with E-state index in [4.69, 9.17) is 21.1 Å². The highest BCUT2D eigenvalue weighted by molar-refractivity contribution is 6.33. The summed E-state index contributed by atoms with van der Waals surface area (Å²) in [6.45, 7) is 0.789. The quantitative estimate of drug-likeness (QED) is 0.755. The highest BCUT2D eigenvalue weighted by Gasteiger charge is 2.19. The van der Waals surface area contributed by atoms with Crippen LogP contribution in [-0.4, -0.2) is 31.5 Å². The summed E-state index contributed by atoms with van der Waals surface area (Å²) < 4.78 is 12.6. The van der Waals surface area contributed by atoms with Crippen molar-refractivity contribution >= 4 is 11.6 Å². The third-order valence-corrected chi connectivity index (χ3v) is 3.87. The lowest BCUT2D eigenvalue weighted by Crippen LogP contribution is -2.05. The molecule has 0 saturated carbocycles. The molecule has 3 aromatic rings. The third kappa shape index (κ3) is 2.57. The smallest absolute Gasteiger partial charge is 0.340 e. The van der Waals surface area contributed by atoms with Crippen LogP contribution in [0.4, 0.5) is 0 Å². The summed E-state index contributed by atoms with van der Waals surface area (Å²) in [5.41, 5.74) is 0.445. The van der Waals surface area contributed by atoms with Gasteiger partial charge in [-0.25, -0.2) is 14.9 Å². The van der Waals surface area contributed by atoms with Gasteiger partial charge in [0, 0.05) is 37.0 Å². The number of benzene rings is 1. The molecule has 0 aliphatic carbocycles. The first-order chi connectivity index (χ1) is 11.2. The lowest BCUT2D eigenvalue weighted by atomic mass is 10.2. The Kier molecular flexibility index (Phi) is 3.30. The highest BCUT2D eigenvalue weighted by Crippen LogP contribution is 2.40. The molecule has 1 aromatic carbocycles. The van der Waals surface area contributed by atoms with Gasteiger partial charge in [0.1, 0.15) is 11.6 Å². The standard InChI is InChI=1S/C14H12ClN5O3/c15-9-6-11-10(22-7-23-11)5-8(9)13-16-2-4-20(13)3-1-12-17-14(21)19-18-12/h2,4-6H,1,3,7H2,(H2,17,18,19,21). The van der Waals surface area contributed by atoms with Crippen molar-refractivity contribution in [2.45, 2.75) is 13.0 Å². The Hall–Kier alpha value is -2.74. The Labute approximate surface area is 135 Å². The van der Waals surface area contributed by atoms with E-state index in [2.05, 4.69) is 20.2 Å². The lowest BCUT2D eigenvalue weighted by molar-refractivity contribution is 0.174. The first-order valence-corrected chi connectivity index (χ1v) is 7.33. The molecule has 0 fully saturated rings. The molecule has 2 aromatic heterocycles. The average Bonchev–Trinajstić information content (AvgIpc) is 3.24. The summed E-state index contributed by atoms with van der Waals surface area (Å²) >= 11 is 6.34. The topological polar surface area (TPSA) is 97.8 Å². The fourth-order valence-corrected chi connectivity index (χ4v) is 2.71. The minimum Gasteiger partial charge on any atom is -0.454 e. The van der Waals surface area contributed by atoms with Gasteiger partial charge in [-0.3, -0.25) is 4.98 Å². The molecule has 118 valence electrons. The molecular formula is C14H12ClN5O3. The summed E-state index contributed by atoms with van der Waals surface area (Å²) in [4.78, 5) is 18.1. The van der Waals surface area contributed by atoms with Crippen LogP contribution in [0.5, 0.6) is 11.5 Å². The second-order valence-electron chi connectivity index (χ2n) is 5.00. The number of nitrogens with zero attached hydrogens (tertiary/aromatic N) is 3. The average molecular weight is 334 g/mol. The number of nitrogens with one attached hydrogen (secondary N) is 2. The highest BCUT2D eigenvalue weighted by atomic mass is 35.5. The monoisotopic (exact) mass is 333 g/mol. The van der Waals surface area contributed by atoms with Gasteiger partial charge in [0.15, 0.2) is 11.5 Å². The van der Waals surface area contributed by atoms with Crippen LogP contribution in [0, 0.1) is 0 Å². The molecule has 23 heavy (non-hydrogen) atoms. The van der Waals surface area contributed by atoms with Crippen molar-refractivity contribution in [3.8, 4) is 22.9 Å². The third-order valence-electron chi connectivity index (χ3n) is 3.56. The minimum atomic E-state index is -0.315. The second-order valence-corrected chi connectivity index (χ2v) is 5.41. The SMILES string of the molecule is O=c1[nH]nc(CCn2ccnc2-c2cc3c(cc2Cl)OCO3)[nH]1. The fraction of sp³-hybridized carbons (Fsp3) is 0.214. The van der Waals surface area contributed by atoms with Crippen molar-refractivity contribution in [2.24, 2.45) is 0 Å². The number of imidazole rings is 1.